The predicted octanol–water partition coefficient (Wildman–Crippen LogP) is 1.35. The van der Waals surface area contributed by atoms with Crippen molar-refractivity contribution in [3.63, 3.8) is 0 Å². The molecule has 0 radical (unpaired) electrons. The molecule has 1 aromatic carbocycles. The van der Waals surface area contributed by atoms with Crippen molar-refractivity contribution in [1.82, 2.24) is 4.72 Å². The van der Waals surface area contributed by atoms with E-state index in [0.717, 1.165) is 12.1 Å². The molecule has 1 aliphatic rings. The number of carboxylic acids is 1. The van der Waals surface area contributed by atoms with Crippen LogP contribution in [0.3, 0.4) is 0 Å². The number of ether oxygens (including phenoxy) is 1. The van der Waals surface area contributed by atoms with Gasteiger partial charge in [0.25, 0.3) is 0 Å². The first-order valence-electron chi connectivity index (χ1n) is 5.63. The second-order valence-electron chi connectivity index (χ2n) is 4.25. The second-order valence-corrected chi connectivity index (χ2v) is 6.85. The zero-order valence-electron chi connectivity index (χ0n) is 10.1. The molecule has 2 N–H and O–H groups in total. The second kappa shape index (κ2) is 5.76. The van der Waals surface area contributed by atoms with Crippen LogP contribution in [0.15, 0.2) is 21.5 Å². The normalized spacial score (nSPS) is 19.2. The van der Waals surface area contributed by atoms with Crippen LogP contribution in [0.4, 0.5) is 4.39 Å². The number of aromatic carboxylic acids is 1. The van der Waals surface area contributed by atoms with E-state index in [-0.39, 0.29) is 11.1 Å². The van der Waals surface area contributed by atoms with E-state index in [9.17, 15) is 17.6 Å². The van der Waals surface area contributed by atoms with Gasteiger partial charge < -0.3 is 9.84 Å². The van der Waals surface area contributed by atoms with Crippen molar-refractivity contribution in [3.05, 3.63) is 28.0 Å². The number of carboxylic acid groups (broad SMARTS) is 1. The molecule has 1 saturated heterocycles. The Morgan fingerprint density at radius 3 is 2.75 bits per heavy atom. The summed E-state index contributed by atoms with van der Waals surface area (Å²) in [5, 5.41) is 8.87. The van der Waals surface area contributed by atoms with Gasteiger partial charge >= 0.3 is 5.97 Å². The molecule has 9 heteroatoms. The number of sulfonamides is 1. The highest BCUT2D eigenvalue weighted by Crippen LogP contribution is 2.24. The highest BCUT2D eigenvalue weighted by Gasteiger charge is 2.28. The minimum Gasteiger partial charge on any atom is -0.478 e. The molecule has 110 valence electrons. The first kappa shape index (κ1) is 15.4. The molecular formula is C11H11BrFNO5S. The molecule has 1 atom stereocenters. The minimum atomic E-state index is -4.15. The number of hydrogen-bond donors (Lipinski definition) is 2. The molecule has 0 aromatic heterocycles. The smallest absolute Gasteiger partial charge is 0.338 e. The van der Waals surface area contributed by atoms with Crippen LogP contribution in [0, 0.1) is 5.82 Å². The fourth-order valence-corrected chi connectivity index (χ4v) is 3.81. The molecule has 20 heavy (non-hydrogen) atoms. The van der Waals surface area contributed by atoms with Crippen LogP contribution in [0.2, 0.25) is 0 Å². The molecule has 0 amide bonds. The topological polar surface area (TPSA) is 92.7 Å². The molecule has 2 rings (SSSR count). The van der Waals surface area contributed by atoms with Gasteiger partial charge in [0.1, 0.15) is 4.90 Å². The van der Waals surface area contributed by atoms with E-state index in [1.807, 2.05) is 0 Å². The molecule has 0 spiro atoms. The van der Waals surface area contributed by atoms with E-state index in [1.54, 1.807) is 0 Å². The van der Waals surface area contributed by atoms with E-state index in [0.29, 0.717) is 13.0 Å². The van der Waals surface area contributed by atoms with Crippen LogP contribution in [0.25, 0.3) is 0 Å². The Balaban J connectivity index is 2.42. The van der Waals surface area contributed by atoms with Crippen LogP contribution in [0.1, 0.15) is 16.8 Å². The highest BCUT2D eigenvalue weighted by molar-refractivity contribution is 9.10. The third kappa shape index (κ3) is 3.17. The lowest BCUT2D eigenvalue weighted by atomic mass is 10.2. The van der Waals surface area contributed by atoms with Gasteiger partial charge in [0, 0.05) is 17.1 Å². The molecule has 1 heterocycles. The van der Waals surface area contributed by atoms with Crippen LogP contribution < -0.4 is 4.72 Å². The largest absolute Gasteiger partial charge is 0.478 e. The monoisotopic (exact) mass is 367 g/mol. The molecule has 0 aliphatic carbocycles. The van der Waals surface area contributed by atoms with Crippen molar-refractivity contribution >= 4 is 31.9 Å². The Morgan fingerprint density at radius 1 is 1.50 bits per heavy atom. The zero-order chi connectivity index (χ0) is 14.9. The predicted molar refractivity (Wildman–Crippen MR) is 70.6 cm³/mol. The first-order valence-corrected chi connectivity index (χ1v) is 7.91. The van der Waals surface area contributed by atoms with E-state index in [2.05, 4.69) is 20.7 Å². The Morgan fingerprint density at radius 2 is 2.20 bits per heavy atom. The van der Waals surface area contributed by atoms with Crippen molar-refractivity contribution in [3.8, 4) is 0 Å². The maximum absolute atomic E-state index is 14.0. The van der Waals surface area contributed by atoms with Crippen molar-refractivity contribution in [1.29, 1.82) is 0 Å². The van der Waals surface area contributed by atoms with Gasteiger partial charge in [-0.05, 0) is 18.6 Å². The van der Waals surface area contributed by atoms with Crippen LogP contribution in [-0.4, -0.2) is 38.7 Å². The average molecular weight is 368 g/mol. The van der Waals surface area contributed by atoms with E-state index in [1.165, 1.54) is 0 Å². The molecule has 1 fully saturated rings. The van der Waals surface area contributed by atoms with Crippen LogP contribution in [0.5, 0.6) is 0 Å². The first-order chi connectivity index (χ1) is 9.31. The summed E-state index contributed by atoms with van der Waals surface area (Å²) >= 11 is 2.97. The lowest BCUT2D eigenvalue weighted by molar-refractivity contribution is 0.0691. The third-order valence-corrected chi connectivity index (χ3v) is 4.75. The molecule has 1 aromatic rings. The minimum absolute atomic E-state index is 0.166. The van der Waals surface area contributed by atoms with Crippen molar-refractivity contribution in [2.75, 3.05) is 13.2 Å². The zero-order valence-corrected chi connectivity index (χ0v) is 12.5. The Kier molecular flexibility index (Phi) is 4.43. The summed E-state index contributed by atoms with van der Waals surface area (Å²) < 4.78 is 45.7. The SMILES string of the molecule is O=C(O)c1cc(Br)cc(S(=O)(=O)NC2CCOC2)c1F. The standard InChI is InChI=1S/C11H11BrFNO5S/c12-6-3-8(11(15)16)10(13)9(4-6)20(17,18)14-7-1-2-19-5-7/h3-4,7,14H,1-2,5H2,(H,15,16). The quantitative estimate of drug-likeness (QED) is 0.837. The van der Waals surface area contributed by atoms with Gasteiger partial charge in [-0.15, -0.1) is 0 Å². The van der Waals surface area contributed by atoms with Crippen LogP contribution in [-0.2, 0) is 14.8 Å². The number of nitrogens with one attached hydrogen (secondary N) is 1. The molecule has 0 bridgehead atoms. The van der Waals surface area contributed by atoms with E-state index in [4.69, 9.17) is 9.84 Å². The number of hydrogen-bond acceptors (Lipinski definition) is 4. The molecule has 1 unspecified atom stereocenters. The summed E-state index contributed by atoms with van der Waals surface area (Å²) in [7, 11) is -4.15. The summed E-state index contributed by atoms with van der Waals surface area (Å²) in [6.45, 7) is 0.634. The van der Waals surface area contributed by atoms with Gasteiger partial charge in [-0.2, -0.15) is 0 Å². The number of carbonyl (C=O) groups is 1. The van der Waals surface area contributed by atoms with Crippen molar-refractivity contribution < 1.29 is 27.4 Å². The Bertz CT molecular complexity index is 642. The van der Waals surface area contributed by atoms with Gasteiger partial charge in [-0.3, -0.25) is 0 Å². The maximum Gasteiger partial charge on any atom is 0.338 e. The highest BCUT2D eigenvalue weighted by atomic mass is 79.9. The van der Waals surface area contributed by atoms with E-state index >= 15 is 0 Å². The summed E-state index contributed by atoms with van der Waals surface area (Å²) in [5.74, 6) is -2.82. The van der Waals surface area contributed by atoms with Gasteiger partial charge in [0.2, 0.25) is 10.0 Å². The van der Waals surface area contributed by atoms with E-state index < -0.39 is 38.3 Å². The Hall–Kier alpha value is -1.03. The lowest BCUT2D eigenvalue weighted by Gasteiger charge is -2.13. The van der Waals surface area contributed by atoms with Gasteiger partial charge in [-0.1, -0.05) is 15.9 Å². The number of benzene rings is 1. The molecule has 0 saturated carbocycles. The number of halogens is 2. The van der Waals surface area contributed by atoms with Crippen molar-refractivity contribution in [2.24, 2.45) is 0 Å². The molecular weight excluding hydrogens is 357 g/mol. The summed E-state index contributed by atoms with van der Waals surface area (Å²) in [5.41, 5.74) is -0.706. The summed E-state index contributed by atoms with van der Waals surface area (Å²) in [6, 6.07) is 1.60. The third-order valence-electron chi connectivity index (χ3n) is 2.78. The lowest BCUT2D eigenvalue weighted by Crippen LogP contribution is -2.35. The summed E-state index contributed by atoms with van der Waals surface area (Å²) in [4.78, 5) is 10.2. The van der Waals surface area contributed by atoms with Gasteiger partial charge in [0.15, 0.2) is 5.82 Å². The average Bonchev–Trinajstić information content (AvgIpc) is 2.83. The Labute approximate surface area is 123 Å². The van der Waals surface area contributed by atoms with Crippen LogP contribution >= 0.6 is 15.9 Å². The fraction of sp³-hybridized carbons (Fsp3) is 0.364. The molecule has 1 aliphatic heterocycles. The van der Waals surface area contributed by atoms with Gasteiger partial charge in [0.05, 0.1) is 12.2 Å². The molecule has 6 nitrogen and oxygen atoms in total. The van der Waals surface area contributed by atoms with Crippen molar-refractivity contribution in [2.45, 2.75) is 17.4 Å². The summed E-state index contributed by atoms with van der Waals surface area (Å²) in [6.07, 6.45) is 0.487. The van der Waals surface area contributed by atoms with Gasteiger partial charge in [-0.25, -0.2) is 22.3 Å². The fourth-order valence-electron chi connectivity index (χ4n) is 1.83. The maximum atomic E-state index is 14.0. The number of rotatable bonds is 4.